The first-order valence-corrected chi connectivity index (χ1v) is 5.63. The third kappa shape index (κ3) is 4.89. The summed E-state index contributed by atoms with van der Waals surface area (Å²) in [4.78, 5) is 2.17. The zero-order chi connectivity index (χ0) is 11.4. The molecule has 0 heterocycles. The molecule has 0 aliphatic carbocycles. The molecule has 5 heteroatoms. The van der Waals surface area contributed by atoms with Crippen LogP contribution in [-0.4, -0.2) is 24.5 Å². The molecule has 0 saturated heterocycles. The molecule has 16 heavy (non-hydrogen) atoms. The Bertz CT molecular complexity index is 311. The summed E-state index contributed by atoms with van der Waals surface area (Å²) < 4.78 is 0. The summed E-state index contributed by atoms with van der Waals surface area (Å²) in [6, 6.07) is 5.93. The van der Waals surface area contributed by atoms with Crippen molar-refractivity contribution >= 4 is 35.6 Å². The van der Waals surface area contributed by atoms with Crippen molar-refractivity contribution in [2.45, 2.75) is 19.5 Å². The quantitative estimate of drug-likeness (QED) is 0.919. The Balaban J connectivity index is 0.00000225. The number of benzene rings is 1. The fourth-order valence-electron chi connectivity index (χ4n) is 1.33. The van der Waals surface area contributed by atoms with Crippen LogP contribution in [0.5, 0.6) is 0 Å². The third-order valence-corrected chi connectivity index (χ3v) is 2.88. The molecule has 0 saturated carbocycles. The maximum Gasteiger partial charge on any atom is 0.0424 e. The zero-order valence-corrected chi connectivity index (χ0v) is 11.7. The average Bonchev–Trinajstić information content (AvgIpc) is 2.14. The molecule has 1 unspecified atom stereocenters. The van der Waals surface area contributed by atoms with Gasteiger partial charge in [0.1, 0.15) is 0 Å². The number of halogens is 3. The molecule has 2 nitrogen and oxygen atoms in total. The van der Waals surface area contributed by atoms with Crippen LogP contribution in [-0.2, 0) is 6.54 Å². The molecule has 1 rings (SSSR count). The highest BCUT2D eigenvalue weighted by Gasteiger charge is 2.08. The molecule has 0 fully saturated rings. The Hall–Kier alpha value is 0.01000. The molecular weight excluding hydrogens is 266 g/mol. The number of nitrogens with two attached hydrogens (primary N) is 1. The fraction of sp³-hybridized carbons (Fsp3) is 0.455. The van der Waals surface area contributed by atoms with Crippen LogP contribution in [0, 0.1) is 0 Å². The van der Waals surface area contributed by atoms with Crippen LogP contribution in [0.2, 0.25) is 10.0 Å². The van der Waals surface area contributed by atoms with E-state index in [9.17, 15) is 0 Å². The fourth-order valence-corrected chi connectivity index (χ4v) is 1.90. The summed E-state index contributed by atoms with van der Waals surface area (Å²) in [6.07, 6.45) is 0. The Morgan fingerprint density at radius 1 is 1.25 bits per heavy atom. The van der Waals surface area contributed by atoms with Gasteiger partial charge < -0.3 is 5.73 Å². The topological polar surface area (TPSA) is 29.3 Å². The predicted octanol–water partition coefficient (Wildman–Crippen LogP) is 3.19. The summed E-state index contributed by atoms with van der Waals surface area (Å²) in [5.74, 6) is 0. The number of nitrogens with zero attached hydrogens (tertiary/aromatic N) is 1. The lowest BCUT2D eigenvalue weighted by Gasteiger charge is -2.23. The number of likely N-dealkylation sites (N-methyl/N-ethyl adjacent to an activating group) is 1. The average molecular weight is 284 g/mol. The van der Waals surface area contributed by atoms with E-state index in [1.807, 2.05) is 19.2 Å². The minimum Gasteiger partial charge on any atom is -0.329 e. The normalized spacial score (nSPS) is 12.4. The van der Waals surface area contributed by atoms with Gasteiger partial charge in [-0.15, -0.1) is 12.4 Å². The molecule has 0 aliphatic rings. The van der Waals surface area contributed by atoms with Crippen LogP contribution in [0.1, 0.15) is 12.5 Å². The van der Waals surface area contributed by atoms with Gasteiger partial charge in [0.25, 0.3) is 0 Å². The minimum absolute atomic E-state index is 0. The first-order valence-electron chi connectivity index (χ1n) is 4.88. The molecule has 2 N–H and O–H groups in total. The monoisotopic (exact) mass is 282 g/mol. The van der Waals surface area contributed by atoms with Gasteiger partial charge in [0.2, 0.25) is 0 Å². The maximum atomic E-state index is 5.92. The van der Waals surface area contributed by atoms with Crippen molar-refractivity contribution in [3.05, 3.63) is 33.8 Å². The van der Waals surface area contributed by atoms with Gasteiger partial charge in [-0.05, 0) is 37.7 Å². The Morgan fingerprint density at radius 3 is 2.19 bits per heavy atom. The van der Waals surface area contributed by atoms with E-state index in [0.29, 0.717) is 22.6 Å². The number of hydrogen-bond donors (Lipinski definition) is 1. The van der Waals surface area contributed by atoms with Crippen LogP contribution >= 0.6 is 35.6 Å². The lowest BCUT2D eigenvalue weighted by Crippen LogP contribution is -2.34. The van der Waals surface area contributed by atoms with E-state index >= 15 is 0 Å². The van der Waals surface area contributed by atoms with Crippen LogP contribution in [0.15, 0.2) is 18.2 Å². The van der Waals surface area contributed by atoms with Gasteiger partial charge in [-0.2, -0.15) is 0 Å². The van der Waals surface area contributed by atoms with Crippen molar-refractivity contribution in [3.8, 4) is 0 Å². The minimum atomic E-state index is 0. The van der Waals surface area contributed by atoms with Crippen LogP contribution in [0.3, 0.4) is 0 Å². The largest absolute Gasteiger partial charge is 0.329 e. The summed E-state index contributed by atoms with van der Waals surface area (Å²) >= 11 is 11.8. The molecule has 0 aromatic heterocycles. The van der Waals surface area contributed by atoms with Crippen molar-refractivity contribution in [3.63, 3.8) is 0 Å². The highest BCUT2D eigenvalue weighted by Crippen LogP contribution is 2.20. The van der Waals surface area contributed by atoms with Crippen molar-refractivity contribution < 1.29 is 0 Å². The van der Waals surface area contributed by atoms with Crippen molar-refractivity contribution in [2.75, 3.05) is 13.6 Å². The van der Waals surface area contributed by atoms with Crippen LogP contribution in [0.4, 0.5) is 0 Å². The molecule has 1 atom stereocenters. The lowest BCUT2D eigenvalue weighted by molar-refractivity contribution is 0.255. The van der Waals surface area contributed by atoms with E-state index in [0.717, 1.165) is 12.1 Å². The lowest BCUT2D eigenvalue weighted by atomic mass is 10.2. The smallest absolute Gasteiger partial charge is 0.0424 e. The second-order valence-corrected chi connectivity index (χ2v) is 4.65. The van der Waals surface area contributed by atoms with E-state index in [1.165, 1.54) is 0 Å². The summed E-state index contributed by atoms with van der Waals surface area (Å²) in [7, 11) is 2.03. The Labute approximate surface area is 113 Å². The second-order valence-electron chi connectivity index (χ2n) is 3.78. The Kier molecular flexibility index (Phi) is 7.36. The van der Waals surface area contributed by atoms with Gasteiger partial charge in [-0.25, -0.2) is 0 Å². The van der Waals surface area contributed by atoms with Crippen LogP contribution in [0.25, 0.3) is 0 Å². The molecule has 0 bridgehead atoms. The summed E-state index contributed by atoms with van der Waals surface area (Å²) in [5.41, 5.74) is 6.70. The third-order valence-electron chi connectivity index (χ3n) is 2.45. The molecular formula is C11H17Cl3N2. The number of rotatable bonds is 4. The highest BCUT2D eigenvalue weighted by molar-refractivity contribution is 6.34. The molecule has 92 valence electrons. The molecule has 0 amide bonds. The van der Waals surface area contributed by atoms with Crippen molar-refractivity contribution in [1.82, 2.24) is 4.90 Å². The van der Waals surface area contributed by atoms with Crippen LogP contribution < -0.4 is 5.73 Å². The first kappa shape index (κ1) is 16.0. The first-order chi connectivity index (χ1) is 7.02. The van der Waals surface area contributed by atoms with E-state index in [-0.39, 0.29) is 12.4 Å². The number of hydrogen-bond acceptors (Lipinski definition) is 2. The molecule has 1 aromatic rings. The van der Waals surface area contributed by atoms with E-state index < -0.39 is 0 Å². The summed E-state index contributed by atoms with van der Waals surface area (Å²) in [5, 5.41) is 1.35. The van der Waals surface area contributed by atoms with Gasteiger partial charge >= 0.3 is 0 Å². The van der Waals surface area contributed by atoms with Gasteiger partial charge in [-0.3, -0.25) is 4.90 Å². The van der Waals surface area contributed by atoms with Gasteiger partial charge in [0.15, 0.2) is 0 Å². The van der Waals surface area contributed by atoms with Gasteiger partial charge in [-0.1, -0.05) is 23.2 Å². The molecule has 1 aromatic carbocycles. The molecule has 0 radical (unpaired) electrons. The van der Waals surface area contributed by atoms with Crippen molar-refractivity contribution in [1.29, 1.82) is 0 Å². The SMILES string of the molecule is CC(CN)N(C)Cc1cc(Cl)cc(Cl)c1.Cl. The second kappa shape index (κ2) is 7.36. The predicted molar refractivity (Wildman–Crippen MR) is 73.7 cm³/mol. The molecule has 0 aliphatic heterocycles. The standard InChI is InChI=1S/C11H16Cl2N2.ClH/c1-8(6-14)15(2)7-9-3-10(12)5-11(13)4-9;/h3-5,8H,6-7,14H2,1-2H3;1H. The van der Waals surface area contributed by atoms with Gasteiger partial charge in [0.05, 0.1) is 0 Å². The summed E-state index contributed by atoms with van der Waals surface area (Å²) in [6.45, 7) is 3.54. The van der Waals surface area contributed by atoms with E-state index in [2.05, 4.69) is 11.8 Å². The van der Waals surface area contributed by atoms with E-state index in [4.69, 9.17) is 28.9 Å². The Morgan fingerprint density at radius 2 is 1.75 bits per heavy atom. The zero-order valence-electron chi connectivity index (χ0n) is 9.41. The molecule has 0 spiro atoms. The van der Waals surface area contributed by atoms with E-state index in [1.54, 1.807) is 6.07 Å². The van der Waals surface area contributed by atoms with Gasteiger partial charge in [0, 0.05) is 29.2 Å². The maximum absolute atomic E-state index is 5.92. The van der Waals surface area contributed by atoms with Crippen molar-refractivity contribution in [2.24, 2.45) is 5.73 Å². The highest BCUT2D eigenvalue weighted by atomic mass is 35.5.